The molecule has 2 N–H and O–H groups in total. The monoisotopic (exact) mass is 458 g/mol. The maximum Gasteiger partial charge on any atom is 0.259 e. The summed E-state index contributed by atoms with van der Waals surface area (Å²) in [7, 11) is 0. The average Bonchev–Trinajstić information content (AvgIpc) is 3.32. The fourth-order valence-corrected chi connectivity index (χ4v) is 3.74. The fraction of sp³-hybridized carbons (Fsp3) is 0.182. The molecule has 3 aromatic rings. The second-order valence-electron chi connectivity index (χ2n) is 6.95. The van der Waals surface area contributed by atoms with Crippen LogP contribution in [0.3, 0.4) is 0 Å². The maximum atomic E-state index is 12.1. The molecule has 1 aromatic heterocycles. The number of fused-ring (bicyclic) bond motifs is 1. The summed E-state index contributed by atoms with van der Waals surface area (Å²) in [5, 5.41) is 8.08. The molecule has 160 valence electrons. The minimum atomic E-state index is -0.277. The molecule has 0 bridgehead atoms. The van der Waals surface area contributed by atoms with Crippen molar-refractivity contribution in [2.45, 2.75) is 13.8 Å². The number of carbonyl (C=O) groups excluding carboxylic acids is 1. The van der Waals surface area contributed by atoms with E-state index in [9.17, 15) is 4.79 Å². The van der Waals surface area contributed by atoms with Gasteiger partial charge in [-0.25, -0.2) is 5.43 Å². The van der Waals surface area contributed by atoms with Crippen molar-refractivity contribution in [3.8, 4) is 17.2 Å². The number of aromatic nitrogens is 1. The zero-order chi connectivity index (χ0) is 22.0. The van der Waals surface area contributed by atoms with Crippen LogP contribution in [0.4, 0.5) is 5.69 Å². The number of hydrogen-bond acceptors (Lipinski definition) is 5. The Kier molecular flexibility index (Phi) is 6.06. The van der Waals surface area contributed by atoms with Crippen molar-refractivity contribution in [3.05, 3.63) is 69.5 Å². The third kappa shape index (κ3) is 4.47. The Balaban J connectivity index is 1.39. The number of amides is 1. The van der Waals surface area contributed by atoms with E-state index >= 15 is 0 Å². The van der Waals surface area contributed by atoms with Gasteiger partial charge < -0.3 is 19.4 Å². The molecule has 0 unspecified atom stereocenters. The highest BCUT2D eigenvalue weighted by Crippen LogP contribution is 2.34. The van der Waals surface area contributed by atoms with Crippen LogP contribution in [-0.4, -0.2) is 30.0 Å². The van der Waals surface area contributed by atoms with E-state index in [4.69, 9.17) is 32.7 Å². The first-order valence-corrected chi connectivity index (χ1v) is 10.3. The van der Waals surface area contributed by atoms with Crippen LogP contribution in [0.5, 0.6) is 11.5 Å². The Bertz CT molecular complexity index is 1170. The summed E-state index contributed by atoms with van der Waals surface area (Å²) in [5.74, 6) is 1.07. The van der Waals surface area contributed by atoms with Gasteiger partial charge in [0.15, 0.2) is 11.5 Å². The van der Waals surface area contributed by atoms with Crippen molar-refractivity contribution in [2.24, 2.45) is 5.10 Å². The van der Waals surface area contributed by atoms with Crippen LogP contribution in [0, 0.1) is 13.8 Å². The van der Waals surface area contributed by atoms with Gasteiger partial charge >= 0.3 is 0 Å². The van der Waals surface area contributed by atoms with Crippen LogP contribution < -0.4 is 20.2 Å². The largest absolute Gasteiger partial charge is 0.454 e. The highest BCUT2D eigenvalue weighted by molar-refractivity contribution is 6.43. The molecule has 31 heavy (non-hydrogen) atoms. The summed E-state index contributed by atoms with van der Waals surface area (Å²) < 4.78 is 12.6. The van der Waals surface area contributed by atoms with E-state index in [1.165, 1.54) is 0 Å². The van der Waals surface area contributed by atoms with E-state index in [-0.39, 0.29) is 19.2 Å². The van der Waals surface area contributed by atoms with Gasteiger partial charge in [0, 0.05) is 28.7 Å². The Hall–Kier alpha value is -3.16. The lowest BCUT2D eigenvalue weighted by molar-refractivity contribution is -0.119. The van der Waals surface area contributed by atoms with Gasteiger partial charge in [-0.1, -0.05) is 29.3 Å². The topological polar surface area (TPSA) is 76.9 Å². The number of hydrogen-bond donors (Lipinski definition) is 2. The molecule has 0 radical (unpaired) electrons. The van der Waals surface area contributed by atoms with Gasteiger partial charge in [0.05, 0.1) is 28.5 Å². The number of rotatable bonds is 6. The van der Waals surface area contributed by atoms with Crippen LogP contribution in [0.25, 0.3) is 5.69 Å². The first-order valence-electron chi connectivity index (χ1n) is 9.53. The fourth-order valence-electron chi connectivity index (χ4n) is 3.36. The molecule has 0 fully saturated rings. The van der Waals surface area contributed by atoms with Crippen LogP contribution in [0.15, 0.2) is 47.6 Å². The standard InChI is InChI=1S/C22H20Cl2N4O3/c1-13-8-15(14(2)28(13)18-5-3-4-17(23)22(18)24)10-26-27-21(29)11-25-16-6-7-19-20(9-16)31-12-30-19/h3-10,25H,11-12H2,1-2H3,(H,27,29)/b26-10-. The lowest BCUT2D eigenvalue weighted by Gasteiger charge is -2.12. The maximum absolute atomic E-state index is 12.1. The van der Waals surface area contributed by atoms with E-state index in [1.807, 2.05) is 42.7 Å². The second kappa shape index (κ2) is 8.91. The predicted molar refractivity (Wildman–Crippen MR) is 122 cm³/mol. The SMILES string of the molecule is Cc1cc(/C=N\NC(=O)CNc2ccc3c(c2)OCO3)c(C)n1-c1cccc(Cl)c1Cl. The Morgan fingerprint density at radius 3 is 2.81 bits per heavy atom. The first-order chi connectivity index (χ1) is 14.9. The molecule has 2 aromatic carbocycles. The molecule has 0 aliphatic carbocycles. The normalized spacial score (nSPS) is 12.4. The molecule has 7 nitrogen and oxygen atoms in total. The van der Waals surface area contributed by atoms with Crippen LogP contribution >= 0.6 is 23.2 Å². The van der Waals surface area contributed by atoms with Crippen molar-refractivity contribution in [2.75, 3.05) is 18.7 Å². The summed E-state index contributed by atoms with van der Waals surface area (Å²) in [4.78, 5) is 12.1. The number of hydrazone groups is 1. The predicted octanol–water partition coefficient (Wildman–Crippen LogP) is 4.69. The van der Waals surface area contributed by atoms with Gasteiger partial charge in [-0.2, -0.15) is 5.10 Å². The van der Waals surface area contributed by atoms with Crippen molar-refractivity contribution in [1.82, 2.24) is 9.99 Å². The molecule has 1 aliphatic rings. The van der Waals surface area contributed by atoms with Gasteiger partial charge in [0.2, 0.25) is 6.79 Å². The van der Waals surface area contributed by atoms with Gasteiger partial charge in [-0.3, -0.25) is 4.79 Å². The number of nitrogens with zero attached hydrogens (tertiary/aromatic N) is 2. The molecule has 0 saturated heterocycles. The highest BCUT2D eigenvalue weighted by Gasteiger charge is 2.15. The summed E-state index contributed by atoms with van der Waals surface area (Å²) in [6.07, 6.45) is 1.61. The van der Waals surface area contributed by atoms with Gasteiger partial charge in [-0.05, 0) is 44.2 Å². The van der Waals surface area contributed by atoms with Crippen LogP contribution in [0.1, 0.15) is 17.0 Å². The number of halogens is 2. The van der Waals surface area contributed by atoms with Crippen molar-refractivity contribution < 1.29 is 14.3 Å². The highest BCUT2D eigenvalue weighted by atomic mass is 35.5. The lowest BCUT2D eigenvalue weighted by Crippen LogP contribution is -2.25. The average molecular weight is 459 g/mol. The van der Waals surface area contributed by atoms with Gasteiger partial charge in [0.1, 0.15) is 0 Å². The minimum absolute atomic E-state index is 0.0636. The zero-order valence-electron chi connectivity index (χ0n) is 16.9. The first kappa shape index (κ1) is 21.1. The molecule has 2 heterocycles. The molecule has 9 heteroatoms. The molecule has 1 aliphatic heterocycles. The van der Waals surface area contributed by atoms with Crippen molar-refractivity contribution in [3.63, 3.8) is 0 Å². The zero-order valence-corrected chi connectivity index (χ0v) is 18.4. The Morgan fingerprint density at radius 2 is 1.97 bits per heavy atom. The smallest absolute Gasteiger partial charge is 0.259 e. The number of aryl methyl sites for hydroxylation is 1. The van der Waals surface area contributed by atoms with E-state index in [2.05, 4.69) is 15.8 Å². The summed E-state index contributed by atoms with van der Waals surface area (Å²) in [6.45, 7) is 4.19. The minimum Gasteiger partial charge on any atom is -0.454 e. The number of carbonyl (C=O) groups is 1. The molecule has 1 amide bonds. The Labute approximate surface area is 189 Å². The summed E-state index contributed by atoms with van der Waals surface area (Å²) in [6, 6.07) is 12.9. The molecule has 0 saturated carbocycles. The summed E-state index contributed by atoms with van der Waals surface area (Å²) >= 11 is 12.5. The van der Waals surface area contributed by atoms with Gasteiger partial charge in [0.25, 0.3) is 5.91 Å². The second-order valence-corrected chi connectivity index (χ2v) is 7.73. The van der Waals surface area contributed by atoms with Crippen LogP contribution in [0.2, 0.25) is 10.0 Å². The summed E-state index contributed by atoms with van der Waals surface area (Å²) in [5.41, 5.74) is 6.83. The van der Waals surface area contributed by atoms with Crippen molar-refractivity contribution >= 4 is 41.0 Å². The number of benzene rings is 2. The van der Waals surface area contributed by atoms with Crippen LogP contribution in [-0.2, 0) is 4.79 Å². The molecule has 4 rings (SSSR count). The quantitative estimate of drug-likeness (QED) is 0.414. The van der Waals surface area contributed by atoms with Crippen molar-refractivity contribution in [1.29, 1.82) is 0 Å². The number of anilines is 1. The molecule has 0 atom stereocenters. The third-order valence-corrected chi connectivity index (χ3v) is 5.67. The van der Waals surface area contributed by atoms with E-state index in [1.54, 1.807) is 24.4 Å². The molecule has 0 spiro atoms. The molecular weight excluding hydrogens is 439 g/mol. The van der Waals surface area contributed by atoms with E-state index in [0.717, 1.165) is 28.3 Å². The Morgan fingerprint density at radius 1 is 1.16 bits per heavy atom. The van der Waals surface area contributed by atoms with E-state index < -0.39 is 0 Å². The third-order valence-electron chi connectivity index (χ3n) is 4.86. The lowest BCUT2D eigenvalue weighted by atomic mass is 10.2. The number of nitrogens with one attached hydrogen (secondary N) is 2. The van der Waals surface area contributed by atoms with E-state index in [0.29, 0.717) is 21.5 Å². The molecular formula is C22H20Cl2N4O3. The van der Waals surface area contributed by atoms with Gasteiger partial charge in [-0.15, -0.1) is 0 Å². The number of ether oxygens (including phenoxy) is 2.